The van der Waals surface area contributed by atoms with E-state index in [1.165, 1.54) is 0 Å². The van der Waals surface area contributed by atoms with Crippen molar-refractivity contribution in [3.63, 3.8) is 0 Å². The van der Waals surface area contributed by atoms with Crippen molar-refractivity contribution in [3.05, 3.63) is 104 Å². The summed E-state index contributed by atoms with van der Waals surface area (Å²) in [6.07, 6.45) is 0.443. The summed E-state index contributed by atoms with van der Waals surface area (Å²) in [5.41, 5.74) is 4.92. The zero-order valence-electron chi connectivity index (χ0n) is 20.8. The first kappa shape index (κ1) is 24.2. The van der Waals surface area contributed by atoms with Gasteiger partial charge in [-0.1, -0.05) is 90.8 Å². The second-order valence-corrected chi connectivity index (χ2v) is 11.3. The number of amides is 1. The van der Waals surface area contributed by atoms with Crippen molar-refractivity contribution in [2.75, 3.05) is 0 Å². The maximum Gasteiger partial charge on any atom is 0.258 e. The number of nitrogens with zero attached hydrogens (tertiary/aromatic N) is 2. The number of aryl methyl sites for hydroxylation is 1. The molecule has 0 saturated carbocycles. The van der Waals surface area contributed by atoms with Crippen LogP contribution in [0.15, 0.2) is 87.2 Å². The van der Waals surface area contributed by atoms with Gasteiger partial charge in [-0.25, -0.2) is 5.01 Å². The summed E-state index contributed by atoms with van der Waals surface area (Å²) >= 11 is 3.56. The van der Waals surface area contributed by atoms with Crippen LogP contribution in [0, 0.1) is 12.3 Å². The molecule has 0 fully saturated rings. The smallest absolute Gasteiger partial charge is 0.258 e. The molecule has 4 aromatic rings. The Balaban J connectivity index is 1.76. The highest BCUT2D eigenvalue weighted by Crippen LogP contribution is 2.39. The number of hydrogen-bond donors (Lipinski definition) is 1. The number of rotatable bonds is 3. The first-order chi connectivity index (χ1) is 17.1. The lowest BCUT2D eigenvalue weighted by atomic mass is 9.90. The first-order valence-electron chi connectivity index (χ1n) is 12.0. The van der Waals surface area contributed by atoms with Crippen molar-refractivity contribution in [1.29, 1.82) is 0 Å². The SMILES string of the molecule is Cc1ccc2[nH]c(=O)c(C3=NN(C(=O)C(C)(C)C)C(c4cccc(Br)c4)C3)c(-c3ccccc3)c2c1. The molecule has 0 aliphatic carbocycles. The number of halogens is 1. The van der Waals surface area contributed by atoms with E-state index >= 15 is 0 Å². The van der Waals surface area contributed by atoms with E-state index in [1.807, 2.05) is 94.4 Å². The summed E-state index contributed by atoms with van der Waals surface area (Å²) in [6, 6.07) is 23.6. The van der Waals surface area contributed by atoms with Gasteiger partial charge in [0.2, 0.25) is 5.91 Å². The third-order valence-electron chi connectivity index (χ3n) is 6.51. The zero-order chi connectivity index (χ0) is 25.6. The number of benzene rings is 3. The van der Waals surface area contributed by atoms with Crippen molar-refractivity contribution < 1.29 is 4.79 Å². The van der Waals surface area contributed by atoms with Crippen LogP contribution in [0.3, 0.4) is 0 Å². The molecule has 0 bridgehead atoms. The van der Waals surface area contributed by atoms with E-state index in [9.17, 15) is 9.59 Å². The highest BCUT2D eigenvalue weighted by molar-refractivity contribution is 9.10. The molecule has 1 amide bonds. The van der Waals surface area contributed by atoms with Crippen LogP contribution in [0.25, 0.3) is 22.0 Å². The van der Waals surface area contributed by atoms with Crippen LogP contribution in [0.2, 0.25) is 0 Å². The number of pyridine rings is 1. The molecular formula is C30H28BrN3O2. The normalized spacial score (nSPS) is 15.9. The van der Waals surface area contributed by atoms with E-state index in [1.54, 1.807) is 5.01 Å². The number of aromatic nitrogens is 1. The number of carbonyl (C=O) groups excluding carboxylic acids is 1. The van der Waals surface area contributed by atoms with Gasteiger partial charge in [0, 0.05) is 32.8 Å². The molecular weight excluding hydrogens is 514 g/mol. The zero-order valence-corrected chi connectivity index (χ0v) is 22.4. The summed E-state index contributed by atoms with van der Waals surface area (Å²) in [6.45, 7) is 7.71. The van der Waals surface area contributed by atoms with E-state index in [2.05, 4.69) is 27.0 Å². The average Bonchev–Trinajstić information content (AvgIpc) is 3.28. The summed E-state index contributed by atoms with van der Waals surface area (Å²) in [5.74, 6) is -0.0863. The summed E-state index contributed by atoms with van der Waals surface area (Å²) in [5, 5.41) is 7.39. The van der Waals surface area contributed by atoms with Gasteiger partial charge in [-0.3, -0.25) is 9.59 Å². The molecule has 0 spiro atoms. The monoisotopic (exact) mass is 541 g/mol. The van der Waals surface area contributed by atoms with Gasteiger partial charge in [-0.15, -0.1) is 0 Å². The van der Waals surface area contributed by atoms with Gasteiger partial charge in [-0.2, -0.15) is 5.10 Å². The van der Waals surface area contributed by atoms with Crippen LogP contribution in [0.1, 0.15) is 49.9 Å². The largest absolute Gasteiger partial charge is 0.321 e. The lowest BCUT2D eigenvalue weighted by Gasteiger charge is -2.28. The van der Waals surface area contributed by atoms with E-state index in [0.29, 0.717) is 17.7 Å². The van der Waals surface area contributed by atoms with E-state index in [0.717, 1.165) is 37.6 Å². The van der Waals surface area contributed by atoms with Crippen LogP contribution in [-0.2, 0) is 4.79 Å². The molecule has 1 atom stereocenters. The minimum absolute atomic E-state index is 0.0863. The summed E-state index contributed by atoms with van der Waals surface area (Å²) in [4.78, 5) is 30.2. The Labute approximate surface area is 219 Å². The highest BCUT2D eigenvalue weighted by Gasteiger charge is 2.39. The van der Waals surface area contributed by atoms with Gasteiger partial charge in [-0.05, 0) is 42.3 Å². The van der Waals surface area contributed by atoms with Crippen LogP contribution < -0.4 is 5.56 Å². The number of nitrogens with one attached hydrogen (secondary N) is 1. The lowest BCUT2D eigenvalue weighted by Crippen LogP contribution is -2.36. The second-order valence-electron chi connectivity index (χ2n) is 10.3. The Morgan fingerprint density at radius 3 is 2.44 bits per heavy atom. The molecule has 1 unspecified atom stereocenters. The van der Waals surface area contributed by atoms with Gasteiger partial charge in [0.15, 0.2) is 0 Å². The molecule has 3 aromatic carbocycles. The Morgan fingerprint density at radius 2 is 1.75 bits per heavy atom. The predicted octanol–water partition coefficient (Wildman–Crippen LogP) is 6.99. The molecule has 1 aliphatic heterocycles. The fourth-order valence-electron chi connectivity index (χ4n) is 4.75. The predicted molar refractivity (Wildman–Crippen MR) is 149 cm³/mol. The fourth-order valence-corrected chi connectivity index (χ4v) is 5.17. The molecule has 0 radical (unpaired) electrons. The van der Waals surface area contributed by atoms with Gasteiger partial charge in [0.25, 0.3) is 5.56 Å². The van der Waals surface area contributed by atoms with Crippen molar-refractivity contribution in [3.8, 4) is 11.1 Å². The van der Waals surface area contributed by atoms with Crippen molar-refractivity contribution in [2.24, 2.45) is 10.5 Å². The number of hydrazone groups is 1. The number of hydrogen-bond acceptors (Lipinski definition) is 3. The lowest BCUT2D eigenvalue weighted by molar-refractivity contribution is -0.141. The molecule has 182 valence electrons. The van der Waals surface area contributed by atoms with Crippen molar-refractivity contribution >= 4 is 38.5 Å². The standard InChI is InChI=1S/C30H28BrN3O2/c1-18-13-14-23-22(15-18)26(19-9-6-5-7-10-19)27(28(35)32-23)24-17-25(20-11-8-12-21(31)16-20)34(33-24)29(36)30(2,3)4/h5-16,25H,17H2,1-4H3,(H,32,35). The Bertz CT molecular complexity index is 1570. The second kappa shape index (κ2) is 9.17. The molecule has 6 heteroatoms. The van der Waals surface area contributed by atoms with Crippen LogP contribution >= 0.6 is 15.9 Å². The third-order valence-corrected chi connectivity index (χ3v) is 7.01. The quantitative estimate of drug-likeness (QED) is 0.303. The number of fused-ring (bicyclic) bond motifs is 1. The van der Waals surface area contributed by atoms with Crippen molar-refractivity contribution in [2.45, 2.75) is 40.2 Å². The number of H-pyrrole nitrogens is 1. The molecule has 36 heavy (non-hydrogen) atoms. The molecule has 5 nitrogen and oxygen atoms in total. The van der Waals surface area contributed by atoms with Crippen LogP contribution in [0.4, 0.5) is 0 Å². The molecule has 1 aliphatic rings. The molecule has 1 N–H and O–H groups in total. The third kappa shape index (κ3) is 4.42. The molecule has 5 rings (SSSR count). The first-order valence-corrected chi connectivity index (χ1v) is 12.8. The minimum Gasteiger partial charge on any atom is -0.321 e. The van der Waals surface area contributed by atoms with E-state index in [4.69, 9.17) is 5.10 Å². The maximum absolute atomic E-state index is 13.6. The molecule has 2 heterocycles. The number of carbonyl (C=O) groups is 1. The van der Waals surface area contributed by atoms with Gasteiger partial charge in [0.1, 0.15) is 0 Å². The summed E-state index contributed by atoms with van der Waals surface area (Å²) < 4.78 is 0.931. The molecule has 0 saturated heterocycles. The fraction of sp³-hybridized carbons (Fsp3) is 0.233. The van der Waals surface area contributed by atoms with Crippen molar-refractivity contribution in [1.82, 2.24) is 9.99 Å². The highest BCUT2D eigenvalue weighted by atomic mass is 79.9. The van der Waals surface area contributed by atoms with E-state index < -0.39 is 5.41 Å². The van der Waals surface area contributed by atoms with E-state index in [-0.39, 0.29) is 17.5 Å². The molecule has 1 aromatic heterocycles. The Hall–Kier alpha value is -3.51. The maximum atomic E-state index is 13.6. The Kier molecular flexibility index (Phi) is 6.17. The van der Waals surface area contributed by atoms with Gasteiger partial charge >= 0.3 is 0 Å². The summed E-state index contributed by atoms with van der Waals surface area (Å²) in [7, 11) is 0. The van der Waals surface area contributed by atoms with Crippen LogP contribution in [0.5, 0.6) is 0 Å². The van der Waals surface area contributed by atoms with Crippen LogP contribution in [-0.4, -0.2) is 21.6 Å². The average molecular weight is 542 g/mol. The topological polar surface area (TPSA) is 65.5 Å². The minimum atomic E-state index is -0.627. The Morgan fingerprint density at radius 1 is 1.00 bits per heavy atom. The number of aromatic amines is 1. The van der Waals surface area contributed by atoms with Gasteiger partial charge < -0.3 is 4.98 Å². The van der Waals surface area contributed by atoms with Gasteiger partial charge in [0.05, 0.1) is 17.3 Å².